The number of halogens is 1. The molecule has 110 valence electrons. The Morgan fingerprint density at radius 2 is 2.00 bits per heavy atom. The lowest BCUT2D eigenvalue weighted by Crippen LogP contribution is -1.99. The number of aromatic nitrogens is 2. The maximum atomic E-state index is 12.8. The van der Waals surface area contributed by atoms with Gasteiger partial charge in [-0.25, -0.2) is 9.37 Å². The minimum atomic E-state index is -0.216. The van der Waals surface area contributed by atoms with Gasteiger partial charge < -0.3 is 9.88 Å². The quantitative estimate of drug-likeness (QED) is 0.766. The Balaban J connectivity index is 1.60. The summed E-state index contributed by atoms with van der Waals surface area (Å²) in [6, 6.07) is 14.5. The van der Waals surface area contributed by atoms with E-state index in [0.29, 0.717) is 6.54 Å². The van der Waals surface area contributed by atoms with Crippen LogP contribution >= 0.6 is 0 Å². The Labute approximate surface area is 128 Å². The molecule has 0 saturated carbocycles. The Morgan fingerprint density at radius 3 is 2.77 bits per heavy atom. The molecule has 0 bridgehead atoms. The van der Waals surface area contributed by atoms with Gasteiger partial charge in [-0.2, -0.15) is 0 Å². The third kappa shape index (κ3) is 3.61. The zero-order chi connectivity index (χ0) is 15.2. The summed E-state index contributed by atoms with van der Waals surface area (Å²) in [7, 11) is 0. The molecule has 0 atom stereocenters. The summed E-state index contributed by atoms with van der Waals surface area (Å²) < 4.78 is 14.8. The lowest BCUT2D eigenvalue weighted by Gasteiger charge is -2.07. The SMILES string of the molecule is Fc1ccc(/C=C/CNc2cccc(-n3ccnc3)c2)cc1. The highest BCUT2D eigenvalue weighted by Gasteiger charge is 1.96. The summed E-state index contributed by atoms with van der Waals surface area (Å²) in [5, 5.41) is 3.33. The van der Waals surface area contributed by atoms with Crippen molar-refractivity contribution >= 4 is 11.8 Å². The molecular weight excluding hydrogens is 277 g/mol. The summed E-state index contributed by atoms with van der Waals surface area (Å²) in [5.41, 5.74) is 3.08. The maximum Gasteiger partial charge on any atom is 0.123 e. The molecule has 22 heavy (non-hydrogen) atoms. The minimum Gasteiger partial charge on any atom is -0.382 e. The van der Waals surface area contributed by atoms with Crippen LogP contribution in [0.2, 0.25) is 0 Å². The van der Waals surface area contributed by atoms with E-state index in [9.17, 15) is 4.39 Å². The van der Waals surface area contributed by atoms with Gasteiger partial charge in [-0.1, -0.05) is 30.4 Å². The van der Waals surface area contributed by atoms with Gasteiger partial charge in [-0.15, -0.1) is 0 Å². The minimum absolute atomic E-state index is 0.216. The second-order valence-corrected chi connectivity index (χ2v) is 4.86. The van der Waals surface area contributed by atoms with Crippen molar-refractivity contribution in [3.63, 3.8) is 0 Å². The standard InChI is InChI=1S/C18H16FN3/c19-16-8-6-15(7-9-16)3-2-10-21-17-4-1-5-18(13-17)22-12-11-20-14-22/h1-9,11-14,21H,10H2/b3-2+. The molecule has 3 nitrogen and oxygen atoms in total. The van der Waals surface area contributed by atoms with Gasteiger partial charge in [0.1, 0.15) is 5.82 Å². The van der Waals surface area contributed by atoms with E-state index in [-0.39, 0.29) is 5.82 Å². The average Bonchev–Trinajstić information content (AvgIpc) is 3.08. The van der Waals surface area contributed by atoms with Crippen LogP contribution in [0.1, 0.15) is 5.56 Å². The molecule has 0 spiro atoms. The smallest absolute Gasteiger partial charge is 0.123 e. The van der Waals surface area contributed by atoms with Crippen LogP contribution < -0.4 is 5.32 Å². The van der Waals surface area contributed by atoms with Crippen LogP contribution in [0.25, 0.3) is 11.8 Å². The van der Waals surface area contributed by atoms with Gasteiger partial charge in [0, 0.05) is 30.3 Å². The Morgan fingerprint density at radius 1 is 1.14 bits per heavy atom. The van der Waals surface area contributed by atoms with Crippen molar-refractivity contribution < 1.29 is 4.39 Å². The lowest BCUT2D eigenvalue weighted by atomic mass is 10.2. The summed E-state index contributed by atoms with van der Waals surface area (Å²) in [4.78, 5) is 4.05. The first-order chi connectivity index (χ1) is 10.8. The Kier molecular flexibility index (Phi) is 4.30. The zero-order valence-corrected chi connectivity index (χ0v) is 12.0. The number of hydrogen-bond donors (Lipinski definition) is 1. The van der Waals surface area contributed by atoms with Gasteiger partial charge in [0.05, 0.1) is 6.33 Å². The Hall–Kier alpha value is -2.88. The van der Waals surface area contributed by atoms with Crippen LogP contribution in [0.15, 0.2) is 73.3 Å². The van der Waals surface area contributed by atoms with Crippen LogP contribution in [-0.2, 0) is 0 Å². The highest BCUT2D eigenvalue weighted by atomic mass is 19.1. The third-order valence-corrected chi connectivity index (χ3v) is 3.25. The number of rotatable bonds is 5. The fraction of sp³-hybridized carbons (Fsp3) is 0.0556. The summed E-state index contributed by atoms with van der Waals surface area (Å²) in [6.07, 6.45) is 9.41. The molecule has 0 saturated heterocycles. The van der Waals surface area contributed by atoms with E-state index in [4.69, 9.17) is 0 Å². The predicted octanol–water partition coefficient (Wildman–Crippen LogP) is 4.14. The third-order valence-electron chi connectivity index (χ3n) is 3.25. The van der Waals surface area contributed by atoms with Crippen molar-refractivity contribution in [1.29, 1.82) is 0 Å². The van der Waals surface area contributed by atoms with E-state index < -0.39 is 0 Å². The highest BCUT2D eigenvalue weighted by molar-refractivity contribution is 5.53. The number of imidazole rings is 1. The first kappa shape index (κ1) is 14.1. The van der Waals surface area contributed by atoms with Crippen molar-refractivity contribution in [3.05, 3.63) is 84.7 Å². The zero-order valence-electron chi connectivity index (χ0n) is 12.0. The first-order valence-corrected chi connectivity index (χ1v) is 7.06. The van der Waals surface area contributed by atoms with Crippen LogP contribution in [0.4, 0.5) is 10.1 Å². The second kappa shape index (κ2) is 6.72. The van der Waals surface area contributed by atoms with E-state index in [1.807, 2.05) is 41.1 Å². The van der Waals surface area contributed by atoms with Gasteiger partial charge in [0.15, 0.2) is 0 Å². The number of anilines is 1. The van der Waals surface area contributed by atoms with E-state index in [1.54, 1.807) is 24.7 Å². The summed E-state index contributed by atoms with van der Waals surface area (Å²) in [6.45, 7) is 0.699. The van der Waals surface area contributed by atoms with Crippen LogP contribution in [-0.4, -0.2) is 16.1 Å². The molecule has 2 aromatic carbocycles. The summed E-state index contributed by atoms with van der Waals surface area (Å²) >= 11 is 0. The molecule has 1 heterocycles. The molecular formula is C18H16FN3. The van der Waals surface area contributed by atoms with Crippen LogP contribution in [0, 0.1) is 5.82 Å². The van der Waals surface area contributed by atoms with E-state index >= 15 is 0 Å². The molecule has 3 aromatic rings. The number of benzene rings is 2. The number of nitrogens with zero attached hydrogens (tertiary/aromatic N) is 2. The normalized spacial score (nSPS) is 11.0. The van der Waals surface area contributed by atoms with Crippen molar-refractivity contribution in [1.82, 2.24) is 9.55 Å². The highest BCUT2D eigenvalue weighted by Crippen LogP contribution is 2.14. The van der Waals surface area contributed by atoms with E-state index in [1.165, 1.54) is 12.1 Å². The molecule has 0 aliphatic carbocycles. The van der Waals surface area contributed by atoms with Crippen LogP contribution in [0.3, 0.4) is 0 Å². The van der Waals surface area contributed by atoms with Gasteiger partial charge in [0.2, 0.25) is 0 Å². The molecule has 0 aliphatic rings. The van der Waals surface area contributed by atoms with Gasteiger partial charge >= 0.3 is 0 Å². The first-order valence-electron chi connectivity index (χ1n) is 7.06. The molecule has 0 fully saturated rings. The van der Waals surface area contributed by atoms with Crippen molar-refractivity contribution in [2.24, 2.45) is 0 Å². The number of hydrogen-bond acceptors (Lipinski definition) is 2. The number of nitrogens with one attached hydrogen (secondary N) is 1. The Bertz CT molecular complexity index is 746. The predicted molar refractivity (Wildman–Crippen MR) is 87.5 cm³/mol. The summed E-state index contributed by atoms with van der Waals surface area (Å²) in [5.74, 6) is -0.216. The topological polar surface area (TPSA) is 29.9 Å². The van der Waals surface area contributed by atoms with Gasteiger partial charge in [0.25, 0.3) is 0 Å². The molecule has 0 amide bonds. The van der Waals surface area contributed by atoms with Crippen molar-refractivity contribution in [3.8, 4) is 5.69 Å². The van der Waals surface area contributed by atoms with Crippen molar-refractivity contribution in [2.75, 3.05) is 11.9 Å². The van der Waals surface area contributed by atoms with Gasteiger partial charge in [-0.05, 0) is 35.9 Å². The average molecular weight is 293 g/mol. The largest absolute Gasteiger partial charge is 0.382 e. The van der Waals surface area contributed by atoms with Gasteiger partial charge in [-0.3, -0.25) is 0 Å². The molecule has 0 aliphatic heterocycles. The second-order valence-electron chi connectivity index (χ2n) is 4.86. The molecule has 1 N–H and O–H groups in total. The molecule has 4 heteroatoms. The van der Waals surface area contributed by atoms with E-state index in [0.717, 1.165) is 16.9 Å². The van der Waals surface area contributed by atoms with Crippen molar-refractivity contribution in [2.45, 2.75) is 0 Å². The fourth-order valence-corrected chi connectivity index (χ4v) is 2.13. The van der Waals surface area contributed by atoms with Crippen LogP contribution in [0.5, 0.6) is 0 Å². The monoisotopic (exact) mass is 293 g/mol. The molecule has 1 aromatic heterocycles. The fourth-order valence-electron chi connectivity index (χ4n) is 2.13. The molecule has 0 unspecified atom stereocenters. The lowest BCUT2D eigenvalue weighted by molar-refractivity contribution is 0.628. The molecule has 3 rings (SSSR count). The van der Waals surface area contributed by atoms with E-state index in [2.05, 4.69) is 16.4 Å². The maximum absolute atomic E-state index is 12.8. The molecule has 0 radical (unpaired) electrons.